The third-order valence-corrected chi connectivity index (χ3v) is 9.43. The van der Waals surface area contributed by atoms with E-state index >= 15 is 0 Å². The van der Waals surface area contributed by atoms with Crippen LogP contribution in [0.2, 0.25) is 25.7 Å². The molecular weight excluding hydrogens is 684 g/mol. The molecule has 0 bridgehead atoms. The summed E-state index contributed by atoms with van der Waals surface area (Å²) in [6, 6.07) is 13.0. The first-order valence-electron chi connectivity index (χ1n) is 16.2. The van der Waals surface area contributed by atoms with E-state index in [1.807, 2.05) is 0 Å². The molecule has 0 aliphatic rings. The van der Waals surface area contributed by atoms with Crippen molar-refractivity contribution in [2.75, 3.05) is 11.9 Å². The Hall–Kier alpha value is -5.15. The molecule has 5 aromatic rings. The Bertz CT molecular complexity index is 2120. The fraction of sp³-hybridized carbons (Fsp3) is 0.333. The number of aromatic nitrogens is 4. The topological polar surface area (TPSA) is 130 Å². The van der Waals surface area contributed by atoms with Gasteiger partial charge in [0.25, 0.3) is 11.5 Å². The highest BCUT2D eigenvalue weighted by molar-refractivity contribution is 6.76. The van der Waals surface area contributed by atoms with Crippen molar-refractivity contribution in [3.63, 3.8) is 0 Å². The first-order chi connectivity index (χ1) is 23.8. The quantitative estimate of drug-likeness (QED) is 0.111. The Morgan fingerprint density at radius 2 is 1.69 bits per heavy atom. The molecule has 51 heavy (non-hydrogen) atoms. The zero-order valence-electron chi connectivity index (χ0n) is 29.2. The minimum absolute atomic E-state index is 0.0384. The summed E-state index contributed by atoms with van der Waals surface area (Å²) in [4.78, 5) is 41.0. The molecule has 0 saturated heterocycles. The molecule has 0 radical (unpaired) electrons. The van der Waals surface area contributed by atoms with E-state index in [1.165, 1.54) is 62.7 Å². The number of benzene rings is 2. The van der Waals surface area contributed by atoms with Gasteiger partial charge >= 0.3 is 12.3 Å². The van der Waals surface area contributed by atoms with E-state index in [0.717, 1.165) is 18.2 Å². The first-order valence-corrected chi connectivity index (χ1v) is 19.9. The number of nitrogens with zero attached hydrogens (tertiary/aromatic N) is 4. The average molecular weight is 724 g/mol. The molecule has 270 valence electrons. The highest BCUT2D eigenvalue weighted by Crippen LogP contribution is 2.32. The maximum Gasteiger partial charge on any atom is 0.419 e. The molecule has 0 fully saturated rings. The van der Waals surface area contributed by atoms with Crippen molar-refractivity contribution < 1.29 is 37.3 Å². The molecular formula is C36H40F3N5O6Si. The third-order valence-electron chi connectivity index (χ3n) is 7.73. The Morgan fingerprint density at radius 3 is 2.33 bits per heavy atom. The summed E-state index contributed by atoms with van der Waals surface area (Å²) in [5.74, 6) is -0.606. The van der Waals surface area contributed by atoms with Gasteiger partial charge in [0.2, 0.25) is 0 Å². The highest BCUT2D eigenvalue weighted by atomic mass is 28.3. The van der Waals surface area contributed by atoms with Crippen LogP contribution in [0.3, 0.4) is 0 Å². The van der Waals surface area contributed by atoms with Crippen LogP contribution >= 0.6 is 0 Å². The van der Waals surface area contributed by atoms with Gasteiger partial charge in [-0.05, 0) is 74.8 Å². The lowest BCUT2D eigenvalue weighted by Gasteiger charge is -2.21. The third kappa shape index (κ3) is 9.35. The second kappa shape index (κ2) is 14.2. The molecule has 0 unspecified atom stereocenters. The van der Waals surface area contributed by atoms with Crippen LogP contribution < -0.4 is 10.9 Å². The van der Waals surface area contributed by atoms with Crippen LogP contribution in [0.1, 0.15) is 42.3 Å². The van der Waals surface area contributed by atoms with Crippen LogP contribution in [0, 0.1) is 0 Å². The molecule has 0 spiro atoms. The Labute approximate surface area is 293 Å². The monoisotopic (exact) mass is 723 g/mol. The number of ether oxygens (including phenoxy) is 2. The SMILES string of the molecule is CC(C)(C)OC(=O)n1c(-c2cc(NC(=O)c3cnn(Cc4ccc(C(F)(F)F)cc4)c3)cn(COCC[Si](C)(C)C)c2=O)cc2cc(O)ccc21. The van der Waals surface area contributed by atoms with Gasteiger partial charge in [0.1, 0.15) is 18.1 Å². The summed E-state index contributed by atoms with van der Waals surface area (Å²) >= 11 is 0. The Kier molecular flexibility index (Phi) is 10.4. The predicted octanol–water partition coefficient (Wildman–Crippen LogP) is 7.79. The molecule has 0 atom stereocenters. The fourth-order valence-corrected chi connectivity index (χ4v) is 5.94. The number of carbonyl (C=O) groups excluding carboxylic acids is 2. The van der Waals surface area contributed by atoms with Gasteiger partial charge in [-0.1, -0.05) is 31.8 Å². The largest absolute Gasteiger partial charge is 0.508 e. The summed E-state index contributed by atoms with van der Waals surface area (Å²) in [5, 5.41) is 17.6. The molecule has 0 aliphatic carbocycles. The van der Waals surface area contributed by atoms with Gasteiger partial charge in [0.05, 0.1) is 46.3 Å². The molecule has 11 nitrogen and oxygen atoms in total. The lowest BCUT2D eigenvalue weighted by atomic mass is 10.1. The molecule has 2 N–H and O–H groups in total. The van der Waals surface area contributed by atoms with E-state index in [0.29, 0.717) is 23.1 Å². The van der Waals surface area contributed by atoms with Crippen LogP contribution in [-0.4, -0.2) is 56.3 Å². The van der Waals surface area contributed by atoms with Crippen molar-refractivity contribution in [3.8, 4) is 17.0 Å². The van der Waals surface area contributed by atoms with Crippen molar-refractivity contribution in [1.82, 2.24) is 18.9 Å². The number of alkyl halides is 3. The summed E-state index contributed by atoms with van der Waals surface area (Å²) < 4.78 is 54.5. The van der Waals surface area contributed by atoms with Crippen LogP contribution in [0.15, 0.2) is 78.0 Å². The molecule has 15 heteroatoms. The van der Waals surface area contributed by atoms with Crippen LogP contribution in [0.25, 0.3) is 22.2 Å². The van der Waals surface area contributed by atoms with Gasteiger partial charge in [-0.15, -0.1) is 0 Å². The number of aromatic hydroxyl groups is 1. The number of hydrogen-bond acceptors (Lipinski definition) is 7. The van der Waals surface area contributed by atoms with E-state index < -0.39 is 43.0 Å². The first kappa shape index (κ1) is 37.1. The van der Waals surface area contributed by atoms with Crippen LogP contribution in [-0.2, 0) is 28.9 Å². The second-order valence-corrected chi connectivity index (χ2v) is 20.1. The van der Waals surface area contributed by atoms with Gasteiger partial charge < -0.3 is 19.9 Å². The van der Waals surface area contributed by atoms with Gasteiger partial charge in [0.15, 0.2) is 0 Å². The van der Waals surface area contributed by atoms with Crippen molar-refractivity contribution in [3.05, 3.63) is 100 Å². The molecule has 3 aromatic heterocycles. The molecule has 1 amide bonds. The number of nitrogens with one attached hydrogen (secondary N) is 1. The standard InChI is InChI=1S/C36H40F3N5O6Si/c1-35(2,3)50-34(48)44-30-12-11-28(45)15-24(30)16-31(44)29-17-27(21-42(33(29)47)22-49-13-14-51(4,5)6)41-32(46)25-18-40-43(20-25)19-23-7-9-26(10-8-23)36(37,38)39/h7-12,15-18,20-21,45H,13-14,19,22H2,1-6H3,(H,41,46). The van der Waals surface area contributed by atoms with Crippen molar-refractivity contribution in [2.24, 2.45) is 0 Å². The fourth-order valence-electron chi connectivity index (χ4n) is 5.19. The second-order valence-electron chi connectivity index (χ2n) is 14.4. The average Bonchev–Trinajstić information content (AvgIpc) is 3.63. The molecule has 3 heterocycles. The smallest absolute Gasteiger partial charge is 0.419 e. The summed E-state index contributed by atoms with van der Waals surface area (Å²) in [6.45, 7) is 12.2. The maximum atomic E-state index is 14.0. The van der Waals surface area contributed by atoms with Crippen molar-refractivity contribution in [2.45, 2.75) is 71.5 Å². The van der Waals surface area contributed by atoms with Gasteiger partial charge in [-0.3, -0.25) is 18.8 Å². The number of phenolic OH excluding ortho intramolecular Hbond substituents is 1. The normalized spacial score (nSPS) is 12.3. The number of anilines is 1. The number of amides is 1. The number of fused-ring (bicyclic) bond motifs is 1. The summed E-state index contributed by atoms with van der Waals surface area (Å²) in [6.07, 6.45) is -0.978. The predicted molar refractivity (Wildman–Crippen MR) is 190 cm³/mol. The number of rotatable bonds is 10. The molecule has 2 aromatic carbocycles. The minimum atomic E-state index is -4.45. The summed E-state index contributed by atoms with van der Waals surface area (Å²) in [5.41, 5.74) is -0.581. The van der Waals surface area contributed by atoms with Crippen molar-refractivity contribution in [1.29, 1.82) is 0 Å². The molecule has 0 aliphatic heterocycles. The zero-order chi connectivity index (χ0) is 37.3. The number of phenols is 1. The lowest BCUT2D eigenvalue weighted by molar-refractivity contribution is -0.137. The van der Waals surface area contributed by atoms with E-state index in [-0.39, 0.29) is 41.5 Å². The van der Waals surface area contributed by atoms with Crippen molar-refractivity contribution >= 4 is 36.7 Å². The minimum Gasteiger partial charge on any atom is -0.508 e. The maximum absolute atomic E-state index is 14.0. The molecule has 0 saturated carbocycles. The van der Waals surface area contributed by atoms with E-state index in [1.54, 1.807) is 32.9 Å². The Morgan fingerprint density at radius 1 is 0.980 bits per heavy atom. The van der Waals surface area contributed by atoms with Gasteiger partial charge in [-0.2, -0.15) is 18.3 Å². The van der Waals surface area contributed by atoms with E-state index in [2.05, 4.69) is 30.1 Å². The molecule has 5 rings (SSSR count). The van der Waals surface area contributed by atoms with Crippen LogP contribution in [0.5, 0.6) is 5.75 Å². The number of pyridine rings is 1. The van der Waals surface area contributed by atoms with Gasteiger partial charge in [0, 0.05) is 32.5 Å². The number of hydrogen-bond donors (Lipinski definition) is 2. The van der Waals surface area contributed by atoms with E-state index in [9.17, 15) is 32.7 Å². The lowest BCUT2D eigenvalue weighted by Crippen LogP contribution is -2.29. The van der Waals surface area contributed by atoms with Gasteiger partial charge in [-0.25, -0.2) is 9.36 Å². The Balaban J connectivity index is 1.50. The van der Waals surface area contributed by atoms with Crippen LogP contribution in [0.4, 0.5) is 23.7 Å². The zero-order valence-corrected chi connectivity index (χ0v) is 30.2. The summed E-state index contributed by atoms with van der Waals surface area (Å²) in [7, 11) is -1.44. The highest BCUT2D eigenvalue weighted by Gasteiger charge is 2.30. The number of carbonyl (C=O) groups is 2. The number of halogens is 3. The van der Waals surface area contributed by atoms with E-state index in [4.69, 9.17) is 9.47 Å².